The third kappa shape index (κ3) is 7.46. The van der Waals surface area contributed by atoms with E-state index in [1.54, 1.807) is 27.7 Å². The fraction of sp³-hybridized carbons (Fsp3) is 0.778. The largest absolute Gasteiger partial charge is 0.442 e. The third-order valence-electron chi connectivity index (χ3n) is 1.12. The molecule has 0 aliphatic carbocycles. The quantitative estimate of drug-likeness (QED) is 0.668. The Morgan fingerprint density at radius 3 is 2.54 bits per heavy atom. The Balaban J connectivity index is 3.95. The molecule has 0 aromatic heterocycles. The van der Waals surface area contributed by atoms with Gasteiger partial charge in [-0.05, 0) is 20.8 Å². The average molecular weight is 187 g/mol. The van der Waals surface area contributed by atoms with Crippen molar-refractivity contribution in [3.8, 4) is 0 Å². The topological polar surface area (TPSA) is 58.9 Å². The molecule has 0 aliphatic heterocycles. The summed E-state index contributed by atoms with van der Waals surface area (Å²) in [5, 5.41) is 8.64. The highest BCUT2D eigenvalue weighted by atomic mass is 16.6. The highest BCUT2D eigenvalue weighted by molar-refractivity contribution is 5.80. The summed E-state index contributed by atoms with van der Waals surface area (Å²) in [5.74, 6) is -0.118. The van der Waals surface area contributed by atoms with Gasteiger partial charge in [-0.3, -0.25) is 0 Å². The van der Waals surface area contributed by atoms with Gasteiger partial charge >= 0.3 is 6.09 Å². The van der Waals surface area contributed by atoms with E-state index in [1.165, 1.54) is 6.21 Å². The Labute approximate surface area is 78.6 Å². The summed E-state index contributed by atoms with van der Waals surface area (Å²) in [6.07, 6.45) is 0.765. The van der Waals surface area contributed by atoms with Crippen molar-refractivity contribution in [2.45, 2.75) is 33.3 Å². The molecule has 76 valence electrons. The number of hydrogen-bond donors (Lipinski definition) is 1. The number of aliphatic imine (C=N–C) groups is 1. The molecule has 0 heterocycles. The third-order valence-corrected chi connectivity index (χ3v) is 1.12. The van der Waals surface area contributed by atoms with Crippen LogP contribution < -0.4 is 0 Å². The zero-order chi connectivity index (χ0) is 10.5. The lowest BCUT2D eigenvalue weighted by Crippen LogP contribution is -2.22. The number of hydrogen-bond acceptors (Lipinski definition) is 3. The predicted molar refractivity (Wildman–Crippen MR) is 51.0 cm³/mol. The zero-order valence-corrected chi connectivity index (χ0v) is 8.57. The van der Waals surface area contributed by atoms with Crippen molar-refractivity contribution in [3.63, 3.8) is 0 Å². The van der Waals surface area contributed by atoms with Gasteiger partial charge in [0.1, 0.15) is 5.60 Å². The van der Waals surface area contributed by atoms with Gasteiger partial charge in [0.2, 0.25) is 0 Å². The van der Waals surface area contributed by atoms with E-state index >= 15 is 0 Å². The van der Waals surface area contributed by atoms with Crippen LogP contribution in [0.1, 0.15) is 27.7 Å². The molecule has 0 aromatic carbocycles. The molecule has 0 spiro atoms. The van der Waals surface area contributed by atoms with Crippen molar-refractivity contribution in [2.24, 2.45) is 10.9 Å². The van der Waals surface area contributed by atoms with E-state index < -0.39 is 11.7 Å². The van der Waals surface area contributed by atoms with Crippen LogP contribution in [-0.4, -0.2) is 29.6 Å². The van der Waals surface area contributed by atoms with E-state index in [0.717, 1.165) is 0 Å². The Morgan fingerprint density at radius 2 is 2.15 bits per heavy atom. The summed E-state index contributed by atoms with van der Waals surface area (Å²) < 4.78 is 4.91. The molecule has 1 amide bonds. The van der Waals surface area contributed by atoms with Crippen LogP contribution in [0.25, 0.3) is 0 Å². The van der Waals surface area contributed by atoms with Crippen LogP contribution in [0.4, 0.5) is 4.79 Å². The van der Waals surface area contributed by atoms with E-state index in [9.17, 15) is 4.79 Å². The van der Waals surface area contributed by atoms with E-state index in [4.69, 9.17) is 9.84 Å². The van der Waals surface area contributed by atoms with E-state index in [-0.39, 0.29) is 12.5 Å². The van der Waals surface area contributed by atoms with E-state index in [1.807, 2.05) is 0 Å². The summed E-state index contributed by atoms with van der Waals surface area (Å²) in [7, 11) is 0. The second-order valence-corrected chi connectivity index (χ2v) is 3.92. The number of ether oxygens (including phenoxy) is 1. The summed E-state index contributed by atoms with van der Waals surface area (Å²) in [6.45, 7) is 7.06. The number of amides is 1. The first-order valence-electron chi connectivity index (χ1n) is 4.23. The molecular weight excluding hydrogens is 170 g/mol. The molecule has 4 nitrogen and oxygen atoms in total. The van der Waals surface area contributed by atoms with Crippen LogP contribution in [-0.2, 0) is 4.74 Å². The Bertz CT molecular complexity index is 194. The van der Waals surface area contributed by atoms with Gasteiger partial charge in [0, 0.05) is 12.1 Å². The SMILES string of the molecule is C[C@H](C=NC(=O)OC(C)(C)C)CO. The minimum atomic E-state index is -0.618. The standard InChI is InChI=1S/C9H17NO3/c1-7(6-11)5-10-8(12)13-9(2,3)4/h5,7,11H,6H2,1-4H3/t7-/m1/s1. The molecule has 0 aromatic rings. The molecule has 0 fully saturated rings. The molecule has 0 aliphatic rings. The molecule has 1 atom stereocenters. The summed E-state index contributed by atoms with van der Waals surface area (Å²) in [4.78, 5) is 14.5. The van der Waals surface area contributed by atoms with Gasteiger partial charge < -0.3 is 9.84 Å². The van der Waals surface area contributed by atoms with Gasteiger partial charge in [-0.2, -0.15) is 4.99 Å². The Hall–Kier alpha value is -0.900. The number of rotatable bonds is 2. The molecule has 0 radical (unpaired) electrons. The molecule has 4 heteroatoms. The molecule has 1 N–H and O–H groups in total. The number of carbonyl (C=O) groups excluding carboxylic acids is 1. The van der Waals surface area contributed by atoms with E-state index in [0.29, 0.717) is 0 Å². The van der Waals surface area contributed by atoms with E-state index in [2.05, 4.69) is 4.99 Å². The summed E-state index contributed by atoms with van der Waals surface area (Å²) in [5.41, 5.74) is -0.517. The highest BCUT2D eigenvalue weighted by Gasteiger charge is 2.14. The molecular formula is C9H17NO3. The van der Waals surface area contributed by atoms with Gasteiger partial charge in [0.05, 0.1) is 6.61 Å². The fourth-order valence-corrected chi connectivity index (χ4v) is 0.524. The van der Waals surface area contributed by atoms with Crippen LogP contribution in [0.2, 0.25) is 0 Å². The zero-order valence-electron chi connectivity index (χ0n) is 8.57. The maximum absolute atomic E-state index is 11.0. The van der Waals surface area contributed by atoms with Crippen LogP contribution in [0, 0.1) is 5.92 Å². The first kappa shape index (κ1) is 12.1. The Morgan fingerprint density at radius 1 is 1.62 bits per heavy atom. The van der Waals surface area contributed by atoms with Crippen molar-refractivity contribution >= 4 is 12.3 Å². The number of aliphatic hydroxyl groups is 1. The molecule has 0 bridgehead atoms. The van der Waals surface area contributed by atoms with Crippen LogP contribution in [0.3, 0.4) is 0 Å². The molecule has 0 unspecified atom stereocenters. The van der Waals surface area contributed by atoms with Crippen LogP contribution in [0.5, 0.6) is 0 Å². The minimum absolute atomic E-state index is 0.0215. The second kappa shape index (κ2) is 4.97. The van der Waals surface area contributed by atoms with Gasteiger partial charge in [-0.1, -0.05) is 6.92 Å². The summed E-state index contributed by atoms with van der Waals surface area (Å²) in [6, 6.07) is 0. The molecule has 0 saturated heterocycles. The smallest absolute Gasteiger partial charge is 0.433 e. The van der Waals surface area contributed by atoms with Crippen molar-refractivity contribution in [1.29, 1.82) is 0 Å². The fourth-order valence-electron chi connectivity index (χ4n) is 0.524. The normalized spacial score (nSPS) is 14.5. The maximum atomic E-state index is 11.0. The molecule has 0 rings (SSSR count). The lowest BCUT2D eigenvalue weighted by Gasteiger charge is -2.17. The van der Waals surface area contributed by atoms with Crippen molar-refractivity contribution < 1.29 is 14.6 Å². The van der Waals surface area contributed by atoms with Gasteiger partial charge in [-0.25, -0.2) is 4.79 Å². The first-order valence-corrected chi connectivity index (χ1v) is 4.23. The minimum Gasteiger partial charge on any atom is -0.442 e. The molecule has 0 saturated carbocycles. The summed E-state index contributed by atoms with van der Waals surface area (Å²) >= 11 is 0. The predicted octanol–water partition coefficient (Wildman–Crippen LogP) is 1.62. The van der Waals surface area contributed by atoms with Gasteiger partial charge in [0.25, 0.3) is 0 Å². The highest BCUT2D eigenvalue weighted by Crippen LogP contribution is 2.07. The lowest BCUT2D eigenvalue weighted by atomic mass is 10.2. The first-order chi connectivity index (χ1) is 5.85. The van der Waals surface area contributed by atoms with Crippen molar-refractivity contribution in [3.05, 3.63) is 0 Å². The number of nitrogens with zero attached hydrogens (tertiary/aromatic N) is 1. The number of aliphatic hydroxyl groups excluding tert-OH is 1. The number of carbonyl (C=O) groups is 1. The van der Waals surface area contributed by atoms with Gasteiger partial charge in [-0.15, -0.1) is 0 Å². The monoisotopic (exact) mass is 187 g/mol. The van der Waals surface area contributed by atoms with Crippen LogP contribution in [0.15, 0.2) is 4.99 Å². The Kier molecular flexibility index (Phi) is 4.62. The average Bonchev–Trinajstić information content (AvgIpc) is 1.97. The van der Waals surface area contributed by atoms with Gasteiger partial charge in [0.15, 0.2) is 0 Å². The van der Waals surface area contributed by atoms with Crippen LogP contribution >= 0.6 is 0 Å². The maximum Gasteiger partial charge on any atom is 0.433 e. The lowest BCUT2D eigenvalue weighted by molar-refractivity contribution is 0.0604. The van der Waals surface area contributed by atoms with Crippen molar-refractivity contribution in [2.75, 3.05) is 6.61 Å². The van der Waals surface area contributed by atoms with Crippen molar-refractivity contribution in [1.82, 2.24) is 0 Å². The molecule has 13 heavy (non-hydrogen) atoms. The second-order valence-electron chi connectivity index (χ2n) is 3.92.